The van der Waals surface area contributed by atoms with E-state index >= 15 is 0 Å². The first kappa shape index (κ1) is 9.82. The molecule has 3 heteroatoms. The van der Waals surface area contributed by atoms with Crippen molar-refractivity contribution in [2.24, 2.45) is 0 Å². The van der Waals surface area contributed by atoms with Gasteiger partial charge < -0.3 is 4.42 Å². The van der Waals surface area contributed by atoms with Gasteiger partial charge in [-0.2, -0.15) is 0 Å². The predicted octanol–water partition coefficient (Wildman–Crippen LogP) is 1.66. The van der Waals surface area contributed by atoms with Crippen LogP contribution in [0.4, 0.5) is 0 Å². The summed E-state index contributed by atoms with van der Waals surface area (Å²) in [5.41, 5.74) is 0. The van der Waals surface area contributed by atoms with E-state index in [0.717, 1.165) is 11.7 Å². The van der Waals surface area contributed by atoms with Gasteiger partial charge in [0.25, 0.3) is 0 Å². The number of nitrogens with zero attached hydrogens (tertiary/aromatic N) is 1. The van der Waals surface area contributed by atoms with Crippen molar-refractivity contribution in [3.05, 3.63) is 17.8 Å². The maximum absolute atomic E-state index is 5.35. The van der Waals surface area contributed by atoms with Crippen LogP contribution in [0.25, 0.3) is 0 Å². The summed E-state index contributed by atoms with van der Waals surface area (Å²) >= 11 is 0. The van der Waals surface area contributed by atoms with Crippen LogP contribution in [-0.2, 0) is 0 Å². The van der Waals surface area contributed by atoms with Crippen molar-refractivity contribution in [1.82, 2.24) is 10.3 Å². The highest BCUT2D eigenvalue weighted by molar-refractivity contribution is 5.00. The van der Waals surface area contributed by atoms with Gasteiger partial charge in [0.1, 0.15) is 5.76 Å². The maximum atomic E-state index is 5.35. The molecule has 1 rings (SSSR count). The van der Waals surface area contributed by atoms with Gasteiger partial charge in [0.05, 0.1) is 18.8 Å². The zero-order valence-corrected chi connectivity index (χ0v) is 8.22. The Hall–Kier alpha value is -1.27. The summed E-state index contributed by atoms with van der Waals surface area (Å²) in [6.45, 7) is 6.37. The van der Waals surface area contributed by atoms with Gasteiger partial charge >= 0.3 is 0 Å². The largest absolute Gasteiger partial charge is 0.444 e. The fraction of sp³-hybridized carbons (Fsp3) is 0.500. The molecule has 13 heavy (non-hydrogen) atoms. The van der Waals surface area contributed by atoms with Gasteiger partial charge in [-0.3, -0.25) is 5.32 Å². The minimum absolute atomic E-state index is 0.120. The van der Waals surface area contributed by atoms with E-state index in [2.05, 4.69) is 22.1 Å². The van der Waals surface area contributed by atoms with Crippen molar-refractivity contribution in [3.8, 4) is 11.8 Å². The minimum atomic E-state index is 0.120. The van der Waals surface area contributed by atoms with E-state index in [1.807, 2.05) is 20.8 Å². The number of nitrogens with one attached hydrogen (secondary N) is 1. The quantitative estimate of drug-likeness (QED) is 0.715. The Morgan fingerprint density at radius 2 is 2.46 bits per heavy atom. The number of aryl methyl sites for hydroxylation is 1. The van der Waals surface area contributed by atoms with E-state index in [1.54, 1.807) is 6.20 Å². The Bertz CT molecular complexity index is 319. The van der Waals surface area contributed by atoms with Gasteiger partial charge in [-0.05, 0) is 20.8 Å². The zero-order valence-electron chi connectivity index (χ0n) is 8.22. The standard InChI is InChI=1S/C10H14N2O/c1-4-5-6-11-9(3)10-12-7-8(2)13-10/h7,9,11H,6H2,1-3H3. The first-order valence-electron chi connectivity index (χ1n) is 4.29. The van der Waals surface area contributed by atoms with Crippen molar-refractivity contribution < 1.29 is 4.42 Å². The van der Waals surface area contributed by atoms with Crippen LogP contribution in [0.5, 0.6) is 0 Å². The van der Waals surface area contributed by atoms with Gasteiger partial charge in [-0.1, -0.05) is 5.92 Å². The van der Waals surface area contributed by atoms with Crippen molar-refractivity contribution in [2.75, 3.05) is 6.54 Å². The molecule has 70 valence electrons. The molecule has 0 spiro atoms. The number of aromatic nitrogens is 1. The summed E-state index contributed by atoms with van der Waals surface area (Å²) in [5, 5.41) is 3.18. The SMILES string of the molecule is CC#CCNC(C)c1ncc(C)o1. The Morgan fingerprint density at radius 3 is 3.00 bits per heavy atom. The normalized spacial score (nSPS) is 11.9. The van der Waals surface area contributed by atoms with Crippen LogP contribution in [0.1, 0.15) is 31.5 Å². The molecular formula is C10H14N2O. The van der Waals surface area contributed by atoms with Gasteiger partial charge in [-0.25, -0.2) is 4.98 Å². The molecule has 1 aromatic heterocycles. The lowest BCUT2D eigenvalue weighted by Crippen LogP contribution is -2.18. The number of rotatable bonds is 3. The molecular weight excluding hydrogens is 164 g/mol. The molecule has 0 aliphatic heterocycles. The molecule has 0 aromatic carbocycles. The summed E-state index contributed by atoms with van der Waals surface area (Å²) in [6, 6.07) is 0.120. The molecule has 3 nitrogen and oxygen atoms in total. The average molecular weight is 178 g/mol. The highest BCUT2D eigenvalue weighted by atomic mass is 16.4. The number of oxazole rings is 1. The van der Waals surface area contributed by atoms with E-state index in [9.17, 15) is 0 Å². The van der Waals surface area contributed by atoms with E-state index in [1.165, 1.54) is 0 Å². The molecule has 0 amide bonds. The Labute approximate surface area is 78.5 Å². The van der Waals surface area contributed by atoms with E-state index in [4.69, 9.17) is 4.42 Å². The predicted molar refractivity (Wildman–Crippen MR) is 51.1 cm³/mol. The molecule has 1 N–H and O–H groups in total. The highest BCUT2D eigenvalue weighted by Gasteiger charge is 2.08. The second kappa shape index (κ2) is 4.68. The first-order chi connectivity index (χ1) is 6.24. The molecule has 1 aromatic rings. The van der Waals surface area contributed by atoms with Crippen LogP contribution in [-0.4, -0.2) is 11.5 Å². The van der Waals surface area contributed by atoms with E-state index < -0.39 is 0 Å². The lowest BCUT2D eigenvalue weighted by atomic mass is 10.3. The third-order valence-corrected chi connectivity index (χ3v) is 1.68. The summed E-state index contributed by atoms with van der Waals surface area (Å²) in [7, 11) is 0. The molecule has 0 fully saturated rings. The zero-order chi connectivity index (χ0) is 9.68. The fourth-order valence-corrected chi connectivity index (χ4v) is 0.952. The van der Waals surface area contributed by atoms with Gasteiger partial charge in [-0.15, -0.1) is 5.92 Å². The lowest BCUT2D eigenvalue weighted by Gasteiger charge is -2.05. The summed E-state index contributed by atoms with van der Waals surface area (Å²) in [4.78, 5) is 4.12. The molecule has 0 aliphatic carbocycles. The Balaban J connectivity index is 2.47. The van der Waals surface area contributed by atoms with Crippen LogP contribution in [0.3, 0.4) is 0 Å². The topological polar surface area (TPSA) is 38.1 Å². The Kier molecular flexibility index (Phi) is 3.53. The summed E-state index contributed by atoms with van der Waals surface area (Å²) < 4.78 is 5.35. The van der Waals surface area contributed by atoms with Crippen molar-refractivity contribution in [1.29, 1.82) is 0 Å². The van der Waals surface area contributed by atoms with Crippen LogP contribution in [0.2, 0.25) is 0 Å². The summed E-state index contributed by atoms with van der Waals surface area (Å²) in [5.74, 6) is 7.30. The number of hydrogen-bond acceptors (Lipinski definition) is 3. The molecule has 0 saturated heterocycles. The highest BCUT2D eigenvalue weighted by Crippen LogP contribution is 2.10. The monoisotopic (exact) mass is 178 g/mol. The van der Waals surface area contributed by atoms with Gasteiger partial charge in [0.15, 0.2) is 0 Å². The van der Waals surface area contributed by atoms with Crippen molar-refractivity contribution in [2.45, 2.75) is 26.8 Å². The third kappa shape index (κ3) is 2.92. The number of hydrogen-bond donors (Lipinski definition) is 1. The van der Waals surface area contributed by atoms with Gasteiger partial charge in [0.2, 0.25) is 5.89 Å². The van der Waals surface area contributed by atoms with Crippen molar-refractivity contribution in [3.63, 3.8) is 0 Å². The van der Waals surface area contributed by atoms with Gasteiger partial charge in [0, 0.05) is 0 Å². The van der Waals surface area contributed by atoms with Crippen LogP contribution < -0.4 is 5.32 Å². The average Bonchev–Trinajstić information content (AvgIpc) is 2.52. The first-order valence-corrected chi connectivity index (χ1v) is 4.29. The minimum Gasteiger partial charge on any atom is -0.444 e. The van der Waals surface area contributed by atoms with Crippen LogP contribution >= 0.6 is 0 Å². The molecule has 0 aliphatic rings. The van der Waals surface area contributed by atoms with E-state index in [-0.39, 0.29) is 6.04 Å². The smallest absolute Gasteiger partial charge is 0.211 e. The summed E-state index contributed by atoms with van der Waals surface area (Å²) in [6.07, 6.45) is 1.72. The van der Waals surface area contributed by atoms with Crippen LogP contribution in [0, 0.1) is 18.8 Å². The lowest BCUT2D eigenvalue weighted by molar-refractivity contribution is 0.412. The molecule has 1 heterocycles. The molecule has 0 saturated carbocycles. The van der Waals surface area contributed by atoms with E-state index in [0.29, 0.717) is 6.54 Å². The second-order valence-electron chi connectivity index (χ2n) is 2.84. The van der Waals surface area contributed by atoms with Crippen LogP contribution in [0.15, 0.2) is 10.6 Å². The second-order valence-corrected chi connectivity index (χ2v) is 2.84. The molecule has 0 radical (unpaired) electrons. The Morgan fingerprint density at radius 1 is 1.69 bits per heavy atom. The van der Waals surface area contributed by atoms with Crippen molar-refractivity contribution >= 4 is 0 Å². The third-order valence-electron chi connectivity index (χ3n) is 1.68. The molecule has 1 atom stereocenters. The fourth-order valence-electron chi connectivity index (χ4n) is 0.952. The molecule has 1 unspecified atom stereocenters. The molecule has 0 bridgehead atoms. The maximum Gasteiger partial charge on any atom is 0.211 e.